The highest BCUT2D eigenvalue weighted by atomic mass is 35.5. The zero-order valence-electron chi connectivity index (χ0n) is 11.0. The first-order valence-electron chi connectivity index (χ1n) is 6.29. The summed E-state index contributed by atoms with van der Waals surface area (Å²) in [6.07, 6.45) is 0.555. The number of hydrogen-bond acceptors (Lipinski definition) is 1. The van der Waals surface area contributed by atoms with Gasteiger partial charge in [-0.2, -0.15) is 0 Å². The van der Waals surface area contributed by atoms with E-state index < -0.39 is 17.7 Å². The molecule has 0 heterocycles. The number of anilines is 1. The van der Waals surface area contributed by atoms with Gasteiger partial charge in [0.25, 0.3) is 0 Å². The van der Waals surface area contributed by atoms with E-state index in [1.165, 1.54) is 0 Å². The third-order valence-electron chi connectivity index (χ3n) is 2.82. The van der Waals surface area contributed by atoms with Gasteiger partial charge in [0.1, 0.15) is 11.6 Å². The molecule has 0 bridgehead atoms. The predicted octanol–water partition coefficient (Wildman–Crippen LogP) is 3.98. The van der Waals surface area contributed by atoms with Gasteiger partial charge in [0.05, 0.1) is 5.69 Å². The van der Waals surface area contributed by atoms with Crippen LogP contribution < -0.4 is 10.6 Å². The first-order chi connectivity index (χ1) is 10.1. The van der Waals surface area contributed by atoms with Gasteiger partial charge in [-0.1, -0.05) is 29.8 Å². The van der Waals surface area contributed by atoms with E-state index in [-0.39, 0.29) is 5.69 Å². The fraction of sp³-hybridized carbons (Fsp3) is 0.133. The van der Waals surface area contributed by atoms with Crippen molar-refractivity contribution in [2.45, 2.75) is 6.42 Å². The van der Waals surface area contributed by atoms with Crippen molar-refractivity contribution in [3.63, 3.8) is 0 Å². The van der Waals surface area contributed by atoms with Gasteiger partial charge < -0.3 is 10.6 Å². The van der Waals surface area contributed by atoms with Gasteiger partial charge in [0.15, 0.2) is 0 Å². The van der Waals surface area contributed by atoms with E-state index in [1.807, 2.05) is 18.2 Å². The van der Waals surface area contributed by atoms with E-state index in [4.69, 9.17) is 11.6 Å². The Kier molecular flexibility index (Phi) is 5.11. The highest BCUT2D eigenvalue weighted by molar-refractivity contribution is 6.31. The Labute approximate surface area is 125 Å². The molecule has 0 spiro atoms. The SMILES string of the molecule is O=C(NCCc1ccccc1Cl)Nc1ccc(F)cc1F. The number of halogens is 3. The molecule has 0 aliphatic carbocycles. The van der Waals surface area contributed by atoms with Gasteiger partial charge in [-0.05, 0) is 30.2 Å². The molecule has 2 aromatic carbocycles. The largest absolute Gasteiger partial charge is 0.338 e. The third-order valence-corrected chi connectivity index (χ3v) is 3.19. The van der Waals surface area contributed by atoms with E-state index in [0.717, 1.165) is 17.7 Å². The molecule has 0 aliphatic heterocycles. The predicted molar refractivity (Wildman–Crippen MR) is 78.5 cm³/mol. The van der Waals surface area contributed by atoms with Crippen LogP contribution in [-0.2, 0) is 6.42 Å². The van der Waals surface area contributed by atoms with Crippen molar-refractivity contribution in [1.82, 2.24) is 5.32 Å². The highest BCUT2D eigenvalue weighted by Gasteiger charge is 2.07. The molecule has 2 aromatic rings. The third kappa shape index (κ3) is 4.43. The quantitative estimate of drug-likeness (QED) is 0.881. The first-order valence-corrected chi connectivity index (χ1v) is 6.67. The van der Waals surface area contributed by atoms with E-state index in [9.17, 15) is 13.6 Å². The lowest BCUT2D eigenvalue weighted by Crippen LogP contribution is -2.30. The fourth-order valence-electron chi connectivity index (χ4n) is 1.77. The van der Waals surface area contributed by atoms with Gasteiger partial charge in [0, 0.05) is 17.6 Å². The highest BCUT2D eigenvalue weighted by Crippen LogP contribution is 2.16. The number of carbonyl (C=O) groups is 1. The normalized spacial score (nSPS) is 10.2. The number of urea groups is 1. The number of rotatable bonds is 4. The van der Waals surface area contributed by atoms with Crippen molar-refractivity contribution < 1.29 is 13.6 Å². The van der Waals surface area contributed by atoms with Gasteiger partial charge in [0.2, 0.25) is 0 Å². The van der Waals surface area contributed by atoms with Gasteiger partial charge >= 0.3 is 6.03 Å². The van der Waals surface area contributed by atoms with Crippen molar-refractivity contribution in [1.29, 1.82) is 0 Å². The number of carbonyl (C=O) groups excluding carboxylic acids is 1. The molecule has 0 aliphatic rings. The topological polar surface area (TPSA) is 41.1 Å². The summed E-state index contributed by atoms with van der Waals surface area (Å²) in [4.78, 5) is 11.6. The van der Waals surface area contributed by atoms with Crippen LogP contribution in [0.1, 0.15) is 5.56 Å². The van der Waals surface area contributed by atoms with E-state index >= 15 is 0 Å². The summed E-state index contributed by atoms with van der Waals surface area (Å²) in [6, 6.07) is 9.69. The average molecular weight is 311 g/mol. The van der Waals surface area contributed by atoms with Gasteiger partial charge in [-0.3, -0.25) is 0 Å². The second-order valence-electron chi connectivity index (χ2n) is 4.35. The standard InChI is InChI=1S/C15H13ClF2N2O/c16-12-4-2-1-3-10(12)7-8-19-15(21)20-14-6-5-11(17)9-13(14)18/h1-6,9H,7-8H2,(H2,19,20,21). The van der Waals surface area contributed by atoms with E-state index in [0.29, 0.717) is 24.1 Å². The molecule has 0 radical (unpaired) electrons. The smallest absolute Gasteiger partial charge is 0.319 e. The van der Waals surface area contributed by atoms with Gasteiger partial charge in [-0.15, -0.1) is 0 Å². The van der Waals surface area contributed by atoms with Crippen molar-refractivity contribution in [2.75, 3.05) is 11.9 Å². The summed E-state index contributed by atoms with van der Waals surface area (Å²) < 4.78 is 26.1. The Morgan fingerprint density at radius 3 is 2.62 bits per heavy atom. The lowest BCUT2D eigenvalue weighted by molar-refractivity contribution is 0.252. The molecule has 0 aromatic heterocycles. The molecule has 0 saturated heterocycles. The van der Waals surface area contributed by atoms with Crippen LogP contribution in [-0.4, -0.2) is 12.6 Å². The minimum Gasteiger partial charge on any atom is -0.338 e. The molecule has 0 atom stereocenters. The Balaban J connectivity index is 1.84. The average Bonchev–Trinajstić information content (AvgIpc) is 2.44. The summed E-state index contributed by atoms with van der Waals surface area (Å²) in [5, 5.41) is 5.52. The summed E-state index contributed by atoms with van der Waals surface area (Å²) in [7, 11) is 0. The minimum atomic E-state index is -0.823. The fourth-order valence-corrected chi connectivity index (χ4v) is 2.00. The molecular formula is C15H13ClF2N2O. The lowest BCUT2D eigenvalue weighted by Gasteiger charge is -2.09. The first kappa shape index (κ1) is 15.3. The molecule has 0 fully saturated rings. The Bertz CT molecular complexity index is 649. The molecule has 3 nitrogen and oxygen atoms in total. The maximum atomic E-state index is 13.4. The van der Waals surface area contributed by atoms with Crippen molar-refractivity contribution >= 4 is 23.3 Å². The number of benzene rings is 2. The second-order valence-corrected chi connectivity index (χ2v) is 4.75. The van der Waals surface area contributed by atoms with Crippen LogP contribution in [0.2, 0.25) is 5.02 Å². The molecule has 2 amide bonds. The molecule has 110 valence electrons. The molecular weight excluding hydrogens is 298 g/mol. The lowest BCUT2D eigenvalue weighted by atomic mass is 10.1. The summed E-state index contributed by atoms with van der Waals surface area (Å²) in [5.74, 6) is -1.52. The Morgan fingerprint density at radius 1 is 1.14 bits per heavy atom. The number of hydrogen-bond donors (Lipinski definition) is 2. The maximum absolute atomic E-state index is 13.4. The maximum Gasteiger partial charge on any atom is 0.319 e. The molecule has 21 heavy (non-hydrogen) atoms. The Morgan fingerprint density at radius 2 is 1.90 bits per heavy atom. The summed E-state index contributed by atoms with van der Waals surface area (Å²) in [6.45, 7) is 0.346. The van der Waals surface area contributed by atoms with Crippen LogP contribution in [0.25, 0.3) is 0 Å². The zero-order chi connectivity index (χ0) is 15.2. The number of amides is 2. The van der Waals surface area contributed by atoms with Crippen LogP contribution in [0.5, 0.6) is 0 Å². The van der Waals surface area contributed by atoms with Crippen molar-refractivity contribution in [3.8, 4) is 0 Å². The molecule has 0 unspecified atom stereocenters. The Hall–Kier alpha value is -2.14. The monoisotopic (exact) mass is 310 g/mol. The molecule has 2 N–H and O–H groups in total. The second kappa shape index (κ2) is 7.04. The zero-order valence-corrected chi connectivity index (χ0v) is 11.8. The van der Waals surface area contributed by atoms with Crippen LogP contribution >= 0.6 is 11.6 Å². The summed E-state index contributed by atoms with van der Waals surface area (Å²) in [5.41, 5.74) is 0.832. The molecule has 0 saturated carbocycles. The van der Waals surface area contributed by atoms with Crippen molar-refractivity contribution in [3.05, 3.63) is 64.7 Å². The van der Waals surface area contributed by atoms with Crippen LogP contribution in [0.4, 0.5) is 19.3 Å². The molecule has 6 heteroatoms. The van der Waals surface area contributed by atoms with Crippen LogP contribution in [0.3, 0.4) is 0 Å². The van der Waals surface area contributed by atoms with E-state index in [2.05, 4.69) is 10.6 Å². The number of nitrogens with one attached hydrogen (secondary N) is 2. The summed E-state index contributed by atoms with van der Waals surface area (Å²) >= 11 is 5.99. The van der Waals surface area contributed by atoms with Gasteiger partial charge in [-0.25, -0.2) is 13.6 Å². The van der Waals surface area contributed by atoms with Crippen LogP contribution in [0.15, 0.2) is 42.5 Å². The molecule has 2 rings (SSSR count). The van der Waals surface area contributed by atoms with E-state index in [1.54, 1.807) is 6.07 Å². The minimum absolute atomic E-state index is 0.0772. The van der Waals surface area contributed by atoms with Crippen molar-refractivity contribution in [2.24, 2.45) is 0 Å². The van der Waals surface area contributed by atoms with Crippen LogP contribution in [0, 0.1) is 11.6 Å².